The van der Waals surface area contributed by atoms with Gasteiger partial charge < -0.3 is 0 Å². The molecule has 0 amide bonds. The Morgan fingerprint density at radius 1 is 1.04 bits per heavy atom. The smallest absolute Gasteiger partial charge is 0.167 e. The highest BCUT2D eigenvalue weighted by Crippen LogP contribution is 2.16. The van der Waals surface area contributed by atoms with Gasteiger partial charge in [0.15, 0.2) is 15.6 Å². The zero-order valence-electron chi connectivity index (χ0n) is 13.4. The topological polar surface area (TPSA) is 51.2 Å². The number of benzene rings is 2. The van der Waals surface area contributed by atoms with Crippen molar-refractivity contribution in [2.24, 2.45) is 0 Å². The van der Waals surface area contributed by atoms with Crippen molar-refractivity contribution < 1.29 is 22.0 Å². The van der Waals surface area contributed by atoms with Crippen LogP contribution in [-0.4, -0.2) is 19.5 Å². The van der Waals surface area contributed by atoms with Crippen molar-refractivity contribution in [1.82, 2.24) is 0 Å². The maximum absolute atomic E-state index is 13.6. The van der Waals surface area contributed by atoms with E-state index in [4.69, 9.17) is 0 Å². The Balaban J connectivity index is 2.11. The molecule has 0 fully saturated rings. The Hall–Kier alpha value is -2.08. The monoisotopic (exact) mass is 352 g/mol. The molecule has 0 aromatic heterocycles. The van der Waals surface area contributed by atoms with Gasteiger partial charge in [0, 0.05) is 18.1 Å². The van der Waals surface area contributed by atoms with Gasteiger partial charge in [-0.25, -0.2) is 17.2 Å². The molecular formula is C18H18F2O3S. The summed E-state index contributed by atoms with van der Waals surface area (Å²) in [5, 5.41) is -0.472. The second-order valence-electron chi connectivity index (χ2n) is 5.89. The molecule has 128 valence electrons. The maximum atomic E-state index is 13.6. The molecule has 0 bridgehead atoms. The van der Waals surface area contributed by atoms with Gasteiger partial charge in [-0.2, -0.15) is 0 Å². The second kappa shape index (κ2) is 7.21. The summed E-state index contributed by atoms with van der Waals surface area (Å²) < 4.78 is 50.2. The van der Waals surface area contributed by atoms with Gasteiger partial charge in [-0.15, -0.1) is 0 Å². The first-order valence-corrected chi connectivity index (χ1v) is 9.18. The minimum atomic E-state index is -3.21. The SMILES string of the molecule is CC(C)S(=O)(=O)Cc1ccc(C(=O)Cc2ccc(F)cc2F)cc1. The number of carbonyl (C=O) groups excluding carboxylic acids is 1. The lowest BCUT2D eigenvalue weighted by Gasteiger charge is -2.08. The summed E-state index contributed by atoms with van der Waals surface area (Å²) in [4.78, 5) is 12.2. The average Bonchev–Trinajstić information content (AvgIpc) is 2.50. The quantitative estimate of drug-likeness (QED) is 0.745. The van der Waals surface area contributed by atoms with E-state index in [-0.39, 0.29) is 23.5 Å². The fourth-order valence-electron chi connectivity index (χ4n) is 2.13. The number of carbonyl (C=O) groups is 1. The van der Waals surface area contributed by atoms with Gasteiger partial charge in [0.2, 0.25) is 0 Å². The van der Waals surface area contributed by atoms with Crippen LogP contribution in [0.3, 0.4) is 0 Å². The van der Waals surface area contributed by atoms with E-state index in [0.29, 0.717) is 11.1 Å². The Morgan fingerprint density at radius 2 is 1.67 bits per heavy atom. The normalized spacial score (nSPS) is 11.7. The van der Waals surface area contributed by atoms with E-state index in [9.17, 15) is 22.0 Å². The Morgan fingerprint density at radius 3 is 2.21 bits per heavy atom. The van der Waals surface area contributed by atoms with E-state index < -0.39 is 26.7 Å². The second-order valence-corrected chi connectivity index (χ2v) is 8.45. The molecule has 2 rings (SSSR count). The Bertz CT molecular complexity index is 841. The highest BCUT2D eigenvalue weighted by atomic mass is 32.2. The third-order valence-electron chi connectivity index (χ3n) is 3.73. The van der Waals surface area contributed by atoms with Crippen LogP contribution in [0.2, 0.25) is 0 Å². The molecule has 0 aliphatic carbocycles. The minimum absolute atomic E-state index is 0.0915. The molecule has 3 nitrogen and oxygen atoms in total. The molecule has 0 radical (unpaired) electrons. The molecule has 2 aromatic carbocycles. The number of sulfone groups is 1. The summed E-state index contributed by atoms with van der Waals surface area (Å²) in [5.74, 6) is -1.87. The molecule has 0 aliphatic rings. The number of hydrogen-bond acceptors (Lipinski definition) is 3. The van der Waals surface area contributed by atoms with Gasteiger partial charge in [-0.1, -0.05) is 30.3 Å². The zero-order valence-corrected chi connectivity index (χ0v) is 14.2. The van der Waals surface area contributed by atoms with Crippen LogP contribution < -0.4 is 0 Å². The standard InChI is InChI=1S/C18H18F2O3S/c1-12(2)24(22,23)11-13-3-5-14(6-4-13)18(21)9-15-7-8-16(19)10-17(15)20/h3-8,10,12H,9,11H2,1-2H3. The largest absolute Gasteiger partial charge is 0.294 e. The van der Waals surface area contributed by atoms with E-state index in [2.05, 4.69) is 0 Å². The van der Waals surface area contributed by atoms with E-state index in [0.717, 1.165) is 12.1 Å². The molecule has 0 atom stereocenters. The van der Waals surface area contributed by atoms with Crippen LogP contribution >= 0.6 is 0 Å². The van der Waals surface area contributed by atoms with Gasteiger partial charge >= 0.3 is 0 Å². The van der Waals surface area contributed by atoms with Crippen molar-refractivity contribution in [2.45, 2.75) is 31.3 Å². The van der Waals surface area contributed by atoms with Gasteiger partial charge in [-0.3, -0.25) is 4.79 Å². The highest BCUT2D eigenvalue weighted by molar-refractivity contribution is 7.91. The minimum Gasteiger partial charge on any atom is -0.294 e. The van der Waals surface area contributed by atoms with Crippen LogP contribution in [0, 0.1) is 11.6 Å². The molecular weight excluding hydrogens is 334 g/mol. The van der Waals surface area contributed by atoms with E-state index in [1.165, 1.54) is 18.2 Å². The van der Waals surface area contributed by atoms with Crippen LogP contribution in [0.5, 0.6) is 0 Å². The first-order valence-electron chi connectivity index (χ1n) is 7.46. The number of hydrogen-bond donors (Lipinski definition) is 0. The summed E-state index contributed by atoms with van der Waals surface area (Å²) in [5.41, 5.74) is 1.06. The molecule has 0 aliphatic heterocycles. The predicted molar refractivity (Wildman–Crippen MR) is 88.6 cm³/mol. The van der Waals surface area contributed by atoms with Gasteiger partial charge in [-0.05, 0) is 31.0 Å². The van der Waals surface area contributed by atoms with Gasteiger partial charge in [0.25, 0.3) is 0 Å². The molecule has 0 heterocycles. The van der Waals surface area contributed by atoms with Crippen molar-refractivity contribution in [3.8, 4) is 0 Å². The van der Waals surface area contributed by atoms with Crippen molar-refractivity contribution in [2.75, 3.05) is 0 Å². The van der Waals surface area contributed by atoms with Gasteiger partial charge in [0.1, 0.15) is 11.6 Å². The molecule has 2 aromatic rings. The van der Waals surface area contributed by atoms with E-state index >= 15 is 0 Å². The lowest BCUT2D eigenvalue weighted by molar-refractivity contribution is 0.0991. The maximum Gasteiger partial charge on any atom is 0.167 e. The van der Waals surface area contributed by atoms with Crippen LogP contribution in [-0.2, 0) is 22.0 Å². The highest BCUT2D eigenvalue weighted by Gasteiger charge is 2.17. The van der Waals surface area contributed by atoms with Crippen LogP contribution in [0.25, 0.3) is 0 Å². The van der Waals surface area contributed by atoms with Crippen LogP contribution in [0.1, 0.15) is 35.3 Å². The van der Waals surface area contributed by atoms with Crippen molar-refractivity contribution in [3.63, 3.8) is 0 Å². The first kappa shape index (κ1) is 18.3. The summed E-state index contributed by atoms with van der Waals surface area (Å²) in [6.07, 6.45) is -0.185. The molecule has 0 N–H and O–H groups in total. The summed E-state index contributed by atoms with van der Waals surface area (Å²) in [6, 6.07) is 9.28. The summed E-state index contributed by atoms with van der Waals surface area (Å²) in [6.45, 7) is 3.23. The molecule has 0 saturated heterocycles. The van der Waals surface area contributed by atoms with Crippen LogP contribution in [0.15, 0.2) is 42.5 Å². The Kier molecular flexibility index (Phi) is 5.49. The fraction of sp³-hybridized carbons (Fsp3) is 0.278. The van der Waals surface area contributed by atoms with Crippen LogP contribution in [0.4, 0.5) is 8.78 Å². The number of ketones is 1. The predicted octanol–water partition coefficient (Wildman–Crippen LogP) is 3.71. The number of Topliss-reactive ketones (excluding diaryl/α,β-unsaturated/α-hetero) is 1. The number of halogens is 2. The lowest BCUT2D eigenvalue weighted by Crippen LogP contribution is -2.16. The zero-order chi connectivity index (χ0) is 17.9. The van der Waals surface area contributed by atoms with E-state index in [1.54, 1.807) is 26.0 Å². The van der Waals surface area contributed by atoms with Gasteiger partial charge in [0.05, 0.1) is 11.0 Å². The van der Waals surface area contributed by atoms with Crippen molar-refractivity contribution in [1.29, 1.82) is 0 Å². The first-order chi connectivity index (χ1) is 11.2. The van der Waals surface area contributed by atoms with E-state index in [1.807, 2.05) is 0 Å². The molecule has 0 spiro atoms. The third kappa shape index (κ3) is 4.47. The molecule has 24 heavy (non-hydrogen) atoms. The number of rotatable bonds is 6. The molecule has 0 unspecified atom stereocenters. The summed E-state index contributed by atoms with van der Waals surface area (Å²) in [7, 11) is -3.21. The average molecular weight is 352 g/mol. The third-order valence-corrected chi connectivity index (χ3v) is 5.90. The fourth-order valence-corrected chi connectivity index (χ4v) is 3.12. The Labute approximate surface area is 140 Å². The lowest BCUT2D eigenvalue weighted by atomic mass is 10.0. The summed E-state index contributed by atoms with van der Waals surface area (Å²) >= 11 is 0. The van der Waals surface area contributed by atoms with Crippen molar-refractivity contribution >= 4 is 15.6 Å². The molecule has 6 heteroatoms. The molecule has 0 saturated carbocycles. The van der Waals surface area contributed by atoms with Crippen molar-refractivity contribution in [3.05, 3.63) is 70.8 Å².